The number of hydrogen-bond acceptors (Lipinski definition) is 6. The Hall–Kier alpha value is -2.09. The number of nitro groups is 1. The zero-order valence-corrected chi connectivity index (χ0v) is 13.3. The summed E-state index contributed by atoms with van der Waals surface area (Å²) in [7, 11) is 0. The van der Waals surface area contributed by atoms with Crippen LogP contribution in [0.15, 0.2) is 23.1 Å². The van der Waals surface area contributed by atoms with Gasteiger partial charge in [0.1, 0.15) is 0 Å². The van der Waals surface area contributed by atoms with E-state index in [1.807, 2.05) is 6.92 Å². The number of nitro benzene ring substituents is 1. The number of amides is 1. The van der Waals surface area contributed by atoms with Gasteiger partial charge in [0.05, 0.1) is 15.4 Å². The minimum atomic E-state index is -0.763. The van der Waals surface area contributed by atoms with Crippen LogP contribution in [0.1, 0.15) is 30.1 Å². The number of unbranched alkanes of at least 4 members (excludes halogenated alkanes) is 1. The van der Waals surface area contributed by atoms with Crippen molar-refractivity contribution in [2.45, 2.75) is 24.7 Å². The van der Waals surface area contributed by atoms with Crippen molar-refractivity contribution in [2.75, 3.05) is 19.4 Å². The van der Waals surface area contributed by atoms with E-state index in [0.29, 0.717) is 11.4 Å². The fourth-order valence-corrected chi connectivity index (χ4v) is 2.18. The Labute approximate surface area is 132 Å². The van der Waals surface area contributed by atoms with Gasteiger partial charge in [0.2, 0.25) is 0 Å². The monoisotopic (exact) mass is 326 g/mol. The summed E-state index contributed by atoms with van der Waals surface area (Å²) in [4.78, 5) is 34.1. The van der Waals surface area contributed by atoms with Gasteiger partial charge in [0.15, 0.2) is 6.61 Å². The second-order valence-electron chi connectivity index (χ2n) is 4.42. The molecule has 0 fully saturated rings. The van der Waals surface area contributed by atoms with E-state index < -0.39 is 23.4 Å². The van der Waals surface area contributed by atoms with Gasteiger partial charge in [-0.25, -0.2) is 4.79 Å². The minimum Gasteiger partial charge on any atom is -0.452 e. The van der Waals surface area contributed by atoms with Gasteiger partial charge in [-0.3, -0.25) is 14.9 Å². The molecule has 120 valence electrons. The average Bonchev–Trinajstić information content (AvgIpc) is 2.52. The van der Waals surface area contributed by atoms with Crippen LogP contribution < -0.4 is 5.32 Å². The molecule has 1 rings (SSSR count). The lowest BCUT2D eigenvalue weighted by Gasteiger charge is -2.07. The fraction of sp³-hybridized carbons (Fsp3) is 0.429. The number of ether oxygens (including phenoxy) is 1. The maximum Gasteiger partial charge on any atom is 0.338 e. The largest absolute Gasteiger partial charge is 0.452 e. The van der Waals surface area contributed by atoms with Gasteiger partial charge in [-0.05, 0) is 24.8 Å². The normalized spacial score (nSPS) is 10.1. The third-order valence-electron chi connectivity index (χ3n) is 2.80. The van der Waals surface area contributed by atoms with E-state index in [1.54, 1.807) is 6.26 Å². The Morgan fingerprint density at radius 3 is 2.73 bits per heavy atom. The Balaban J connectivity index is 2.64. The molecule has 1 N–H and O–H groups in total. The summed E-state index contributed by atoms with van der Waals surface area (Å²) in [5.74, 6) is -1.15. The summed E-state index contributed by atoms with van der Waals surface area (Å²) in [6, 6.07) is 4.08. The van der Waals surface area contributed by atoms with E-state index in [0.717, 1.165) is 18.9 Å². The lowest BCUT2D eigenvalue weighted by molar-refractivity contribution is -0.387. The highest BCUT2D eigenvalue weighted by Gasteiger charge is 2.18. The van der Waals surface area contributed by atoms with Crippen LogP contribution in [0.5, 0.6) is 0 Å². The zero-order chi connectivity index (χ0) is 16.5. The first kappa shape index (κ1) is 18.0. The summed E-state index contributed by atoms with van der Waals surface area (Å²) in [6.45, 7) is 2.12. The summed E-state index contributed by atoms with van der Waals surface area (Å²) < 4.78 is 4.85. The molecular formula is C14H18N2O5S. The Morgan fingerprint density at radius 1 is 1.41 bits per heavy atom. The molecular weight excluding hydrogens is 308 g/mol. The van der Waals surface area contributed by atoms with Crippen molar-refractivity contribution in [1.29, 1.82) is 0 Å². The molecule has 1 aromatic rings. The smallest absolute Gasteiger partial charge is 0.338 e. The zero-order valence-electron chi connectivity index (χ0n) is 12.5. The van der Waals surface area contributed by atoms with Crippen molar-refractivity contribution >= 4 is 29.3 Å². The van der Waals surface area contributed by atoms with Crippen molar-refractivity contribution in [1.82, 2.24) is 5.32 Å². The highest BCUT2D eigenvalue weighted by molar-refractivity contribution is 7.98. The molecule has 0 aliphatic rings. The van der Waals surface area contributed by atoms with E-state index in [2.05, 4.69) is 5.32 Å². The van der Waals surface area contributed by atoms with Gasteiger partial charge in [0, 0.05) is 12.6 Å². The van der Waals surface area contributed by atoms with Crippen molar-refractivity contribution in [2.24, 2.45) is 0 Å². The van der Waals surface area contributed by atoms with Crippen molar-refractivity contribution in [3.05, 3.63) is 33.9 Å². The molecule has 0 aromatic heterocycles. The number of nitrogens with one attached hydrogen (secondary N) is 1. The molecule has 1 amide bonds. The van der Waals surface area contributed by atoms with Crippen LogP contribution >= 0.6 is 11.8 Å². The molecule has 0 bridgehead atoms. The summed E-state index contributed by atoms with van der Waals surface area (Å²) in [5, 5.41) is 13.6. The molecule has 0 spiro atoms. The highest BCUT2D eigenvalue weighted by Crippen LogP contribution is 2.28. The van der Waals surface area contributed by atoms with E-state index in [9.17, 15) is 19.7 Å². The lowest BCUT2D eigenvalue weighted by Crippen LogP contribution is -2.29. The maximum atomic E-state index is 11.8. The first-order valence-corrected chi connectivity index (χ1v) is 7.98. The van der Waals surface area contributed by atoms with Crippen LogP contribution in [0.3, 0.4) is 0 Å². The van der Waals surface area contributed by atoms with Gasteiger partial charge in [-0.1, -0.05) is 13.3 Å². The number of hydrogen-bond donors (Lipinski definition) is 1. The molecule has 0 radical (unpaired) electrons. The molecule has 22 heavy (non-hydrogen) atoms. The van der Waals surface area contributed by atoms with Gasteiger partial charge in [-0.2, -0.15) is 0 Å². The fourth-order valence-electron chi connectivity index (χ4n) is 1.63. The Bertz CT molecular complexity index is 562. The first-order chi connectivity index (χ1) is 10.5. The number of benzene rings is 1. The molecule has 0 aliphatic heterocycles. The molecule has 0 atom stereocenters. The van der Waals surface area contributed by atoms with Crippen LogP contribution in [0.4, 0.5) is 5.69 Å². The van der Waals surface area contributed by atoms with E-state index in [4.69, 9.17) is 4.74 Å². The average molecular weight is 326 g/mol. The minimum absolute atomic E-state index is 0.0471. The molecule has 0 heterocycles. The number of esters is 1. The quantitative estimate of drug-likeness (QED) is 0.259. The van der Waals surface area contributed by atoms with Crippen LogP contribution in [-0.4, -0.2) is 36.2 Å². The van der Waals surface area contributed by atoms with Crippen LogP contribution in [-0.2, 0) is 9.53 Å². The van der Waals surface area contributed by atoms with Crippen molar-refractivity contribution in [3.8, 4) is 0 Å². The third-order valence-corrected chi connectivity index (χ3v) is 3.58. The second-order valence-corrected chi connectivity index (χ2v) is 5.27. The molecule has 0 unspecified atom stereocenters. The highest BCUT2D eigenvalue weighted by atomic mass is 32.2. The second kappa shape index (κ2) is 9.04. The van der Waals surface area contributed by atoms with Crippen LogP contribution in [0.2, 0.25) is 0 Å². The molecule has 7 nitrogen and oxygen atoms in total. The molecule has 0 aliphatic carbocycles. The number of carbonyl (C=O) groups is 2. The van der Waals surface area contributed by atoms with Crippen LogP contribution in [0, 0.1) is 10.1 Å². The first-order valence-electron chi connectivity index (χ1n) is 6.75. The topological polar surface area (TPSA) is 98.5 Å². The van der Waals surface area contributed by atoms with E-state index in [-0.39, 0.29) is 11.3 Å². The van der Waals surface area contributed by atoms with E-state index in [1.165, 1.54) is 23.9 Å². The van der Waals surface area contributed by atoms with Crippen molar-refractivity contribution < 1.29 is 19.2 Å². The molecule has 0 saturated carbocycles. The van der Waals surface area contributed by atoms with Gasteiger partial charge >= 0.3 is 5.97 Å². The Kier molecular flexibility index (Phi) is 7.38. The number of thioether (sulfide) groups is 1. The summed E-state index contributed by atoms with van der Waals surface area (Å²) >= 11 is 1.22. The molecule has 8 heteroatoms. The number of rotatable bonds is 8. The van der Waals surface area contributed by atoms with Gasteiger partial charge in [0.25, 0.3) is 11.6 Å². The van der Waals surface area contributed by atoms with Crippen molar-refractivity contribution in [3.63, 3.8) is 0 Å². The van der Waals surface area contributed by atoms with Crippen LogP contribution in [0.25, 0.3) is 0 Å². The Morgan fingerprint density at radius 2 is 2.14 bits per heavy atom. The summed E-state index contributed by atoms with van der Waals surface area (Å²) in [5.41, 5.74) is -0.111. The maximum absolute atomic E-state index is 11.8. The molecule has 0 saturated heterocycles. The third kappa shape index (κ3) is 5.36. The van der Waals surface area contributed by atoms with E-state index >= 15 is 0 Å². The van der Waals surface area contributed by atoms with Gasteiger partial charge in [-0.15, -0.1) is 11.8 Å². The molecule has 1 aromatic carbocycles. The number of nitrogens with zero attached hydrogens (tertiary/aromatic N) is 1. The predicted octanol–water partition coefficient (Wildman–Crippen LogP) is 2.39. The predicted molar refractivity (Wildman–Crippen MR) is 83.1 cm³/mol. The SMILES string of the molecule is CCCCNC(=O)COC(=O)c1ccc(SC)c([N+](=O)[O-])c1. The van der Waals surface area contributed by atoms with Gasteiger partial charge < -0.3 is 10.1 Å². The number of carbonyl (C=O) groups excluding carboxylic acids is 2. The lowest BCUT2D eigenvalue weighted by atomic mass is 10.2. The summed E-state index contributed by atoms with van der Waals surface area (Å²) in [6.07, 6.45) is 3.51. The standard InChI is InChI=1S/C14H18N2O5S/c1-3-4-7-15-13(17)9-21-14(18)10-5-6-12(22-2)11(8-10)16(19)20/h5-6,8H,3-4,7,9H2,1-2H3,(H,15,17).